The number of nitrogens with one attached hydrogen (secondary N) is 2. The van der Waals surface area contributed by atoms with E-state index in [0.717, 1.165) is 30.7 Å². The largest absolute Gasteiger partial charge is 0.494 e. The first-order valence-corrected chi connectivity index (χ1v) is 7.99. The number of benzene rings is 1. The van der Waals surface area contributed by atoms with E-state index >= 15 is 0 Å². The van der Waals surface area contributed by atoms with E-state index in [0.29, 0.717) is 19.1 Å². The number of carbonyl (C=O) groups is 1. The van der Waals surface area contributed by atoms with Gasteiger partial charge in [-0.15, -0.1) is 0 Å². The third-order valence-corrected chi connectivity index (χ3v) is 3.93. The minimum absolute atomic E-state index is 0.0154. The van der Waals surface area contributed by atoms with Crippen molar-refractivity contribution < 1.29 is 9.53 Å². The summed E-state index contributed by atoms with van der Waals surface area (Å²) in [4.78, 5) is 12.2. The minimum Gasteiger partial charge on any atom is -0.494 e. The number of carbonyl (C=O) groups excluding carboxylic acids is 1. The summed E-state index contributed by atoms with van der Waals surface area (Å²) in [6.45, 7) is 5.72. The lowest BCUT2D eigenvalue weighted by molar-refractivity contribution is -0.122. The van der Waals surface area contributed by atoms with Crippen molar-refractivity contribution in [3.05, 3.63) is 29.8 Å². The normalized spacial score (nSPS) is 19.2. The van der Waals surface area contributed by atoms with Gasteiger partial charge in [0.2, 0.25) is 5.91 Å². The molecule has 1 heterocycles. The minimum atomic E-state index is 0.0154. The molecule has 4 nitrogen and oxygen atoms in total. The van der Waals surface area contributed by atoms with Gasteiger partial charge in [0.15, 0.2) is 0 Å². The SMILES string of the molecule is CCOc1ccccc1C(CC)NC(=O)CC1CCCN1. The molecule has 1 aromatic carbocycles. The smallest absolute Gasteiger partial charge is 0.222 e. The molecule has 2 rings (SSSR count). The van der Waals surface area contributed by atoms with E-state index in [1.807, 2.05) is 31.2 Å². The van der Waals surface area contributed by atoms with E-state index in [1.54, 1.807) is 0 Å². The Bertz CT molecular complexity index is 456. The second kappa shape index (κ2) is 8.03. The quantitative estimate of drug-likeness (QED) is 0.812. The molecule has 0 radical (unpaired) electrons. The average Bonchev–Trinajstić information content (AvgIpc) is 2.99. The van der Waals surface area contributed by atoms with Gasteiger partial charge in [-0.3, -0.25) is 4.79 Å². The molecule has 0 aliphatic carbocycles. The molecule has 2 N–H and O–H groups in total. The molecule has 4 heteroatoms. The van der Waals surface area contributed by atoms with Crippen LogP contribution in [0.4, 0.5) is 0 Å². The predicted octanol–water partition coefficient (Wildman–Crippen LogP) is 2.79. The van der Waals surface area contributed by atoms with Gasteiger partial charge in [0, 0.05) is 18.0 Å². The Morgan fingerprint density at radius 3 is 2.90 bits per heavy atom. The standard InChI is InChI=1S/C17H26N2O2/c1-3-15(14-9-5-6-10-16(14)21-4-2)19-17(20)12-13-8-7-11-18-13/h5-6,9-10,13,15,18H,3-4,7-8,11-12H2,1-2H3,(H,19,20). The van der Waals surface area contributed by atoms with Crippen molar-refractivity contribution in [3.63, 3.8) is 0 Å². The van der Waals surface area contributed by atoms with Crippen LogP contribution in [-0.2, 0) is 4.79 Å². The second-order valence-corrected chi connectivity index (χ2v) is 5.50. The molecule has 2 unspecified atom stereocenters. The zero-order chi connectivity index (χ0) is 15.1. The van der Waals surface area contributed by atoms with Crippen molar-refractivity contribution in [1.82, 2.24) is 10.6 Å². The van der Waals surface area contributed by atoms with Crippen LogP contribution in [-0.4, -0.2) is 25.1 Å². The molecule has 1 aliphatic heterocycles. The Kier molecular flexibility index (Phi) is 6.05. The summed E-state index contributed by atoms with van der Waals surface area (Å²) < 4.78 is 5.67. The maximum atomic E-state index is 12.2. The third-order valence-electron chi connectivity index (χ3n) is 3.93. The van der Waals surface area contributed by atoms with E-state index in [9.17, 15) is 4.79 Å². The van der Waals surface area contributed by atoms with Crippen LogP contribution in [0.3, 0.4) is 0 Å². The predicted molar refractivity (Wildman–Crippen MR) is 84.4 cm³/mol. The zero-order valence-electron chi connectivity index (χ0n) is 13.0. The first-order valence-electron chi connectivity index (χ1n) is 7.99. The topological polar surface area (TPSA) is 50.4 Å². The van der Waals surface area contributed by atoms with Gasteiger partial charge >= 0.3 is 0 Å². The molecular weight excluding hydrogens is 264 g/mol. The van der Waals surface area contributed by atoms with Crippen molar-refractivity contribution in [1.29, 1.82) is 0 Å². The molecule has 1 fully saturated rings. The molecule has 116 valence electrons. The number of hydrogen-bond donors (Lipinski definition) is 2. The van der Waals surface area contributed by atoms with Gasteiger partial charge in [-0.05, 0) is 38.8 Å². The van der Waals surface area contributed by atoms with Crippen molar-refractivity contribution in [2.24, 2.45) is 0 Å². The number of ether oxygens (including phenoxy) is 1. The van der Waals surface area contributed by atoms with E-state index in [1.165, 1.54) is 6.42 Å². The molecular formula is C17H26N2O2. The summed E-state index contributed by atoms with van der Waals surface area (Å²) in [7, 11) is 0. The Morgan fingerprint density at radius 2 is 2.24 bits per heavy atom. The highest BCUT2D eigenvalue weighted by molar-refractivity contribution is 5.77. The van der Waals surface area contributed by atoms with Gasteiger partial charge in [-0.2, -0.15) is 0 Å². The lowest BCUT2D eigenvalue weighted by atomic mass is 10.0. The molecule has 0 bridgehead atoms. The average molecular weight is 290 g/mol. The Balaban J connectivity index is 2.00. The van der Waals surface area contributed by atoms with Crippen LogP contribution in [0.15, 0.2) is 24.3 Å². The first kappa shape index (κ1) is 15.8. The summed E-state index contributed by atoms with van der Waals surface area (Å²) in [5.41, 5.74) is 1.06. The second-order valence-electron chi connectivity index (χ2n) is 5.50. The van der Waals surface area contributed by atoms with Crippen molar-refractivity contribution >= 4 is 5.91 Å². The number of hydrogen-bond acceptors (Lipinski definition) is 3. The molecule has 1 aliphatic rings. The highest BCUT2D eigenvalue weighted by atomic mass is 16.5. The van der Waals surface area contributed by atoms with Crippen LogP contribution in [0.5, 0.6) is 5.75 Å². The zero-order valence-corrected chi connectivity index (χ0v) is 13.0. The van der Waals surface area contributed by atoms with E-state index < -0.39 is 0 Å². The highest BCUT2D eigenvalue weighted by Crippen LogP contribution is 2.27. The summed E-state index contributed by atoms with van der Waals surface area (Å²) in [5, 5.41) is 6.51. The van der Waals surface area contributed by atoms with Crippen LogP contribution in [0.1, 0.15) is 51.1 Å². The van der Waals surface area contributed by atoms with Gasteiger partial charge in [0.05, 0.1) is 12.6 Å². The fraction of sp³-hybridized carbons (Fsp3) is 0.588. The number of rotatable bonds is 7. The summed E-state index contributed by atoms with van der Waals surface area (Å²) in [6.07, 6.45) is 3.68. The molecule has 1 amide bonds. The Labute approximate surface area is 127 Å². The fourth-order valence-electron chi connectivity index (χ4n) is 2.86. The van der Waals surface area contributed by atoms with Gasteiger partial charge in [-0.25, -0.2) is 0 Å². The molecule has 1 aromatic rings. The molecule has 0 spiro atoms. The molecule has 2 atom stereocenters. The van der Waals surface area contributed by atoms with Gasteiger partial charge in [0.1, 0.15) is 5.75 Å². The van der Waals surface area contributed by atoms with Crippen molar-refractivity contribution in [2.45, 2.75) is 51.6 Å². The fourth-order valence-corrected chi connectivity index (χ4v) is 2.86. The van der Waals surface area contributed by atoms with E-state index in [4.69, 9.17) is 4.74 Å². The van der Waals surface area contributed by atoms with Gasteiger partial charge < -0.3 is 15.4 Å². The molecule has 0 aromatic heterocycles. The van der Waals surface area contributed by atoms with Gasteiger partial charge in [0.25, 0.3) is 0 Å². The summed E-state index contributed by atoms with van der Waals surface area (Å²) >= 11 is 0. The Hall–Kier alpha value is -1.55. The van der Waals surface area contributed by atoms with Crippen LogP contribution >= 0.6 is 0 Å². The maximum Gasteiger partial charge on any atom is 0.222 e. The molecule has 1 saturated heterocycles. The summed E-state index contributed by atoms with van der Waals surface area (Å²) in [5.74, 6) is 0.985. The van der Waals surface area contributed by atoms with Crippen LogP contribution in [0.25, 0.3) is 0 Å². The van der Waals surface area contributed by atoms with Crippen molar-refractivity contribution in [3.8, 4) is 5.75 Å². The maximum absolute atomic E-state index is 12.2. The first-order chi connectivity index (χ1) is 10.2. The Morgan fingerprint density at radius 1 is 1.43 bits per heavy atom. The van der Waals surface area contributed by atoms with Crippen LogP contribution in [0.2, 0.25) is 0 Å². The lowest BCUT2D eigenvalue weighted by Crippen LogP contribution is -2.34. The van der Waals surface area contributed by atoms with Gasteiger partial charge in [-0.1, -0.05) is 25.1 Å². The van der Waals surface area contributed by atoms with Crippen molar-refractivity contribution in [2.75, 3.05) is 13.2 Å². The van der Waals surface area contributed by atoms with Crippen LogP contribution in [0, 0.1) is 0 Å². The molecule has 21 heavy (non-hydrogen) atoms. The lowest BCUT2D eigenvalue weighted by Gasteiger charge is -2.21. The van der Waals surface area contributed by atoms with Crippen LogP contribution < -0.4 is 15.4 Å². The number of amides is 1. The highest BCUT2D eigenvalue weighted by Gasteiger charge is 2.21. The monoisotopic (exact) mass is 290 g/mol. The van der Waals surface area contributed by atoms with E-state index in [-0.39, 0.29) is 11.9 Å². The number of para-hydroxylation sites is 1. The third kappa shape index (κ3) is 4.46. The van der Waals surface area contributed by atoms with E-state index in [2.05, 4.69) is 17.6 Å². The summed E-state index contributed by atoms with van der Waals surface area (Å²) in [6, 6.07) is 8.31. The molecule has 0 saturated carbocycles.